The number of rotatable bonds is 6. The van der Waals surface area contributed by atoms with Crippen LogP contribution in [0, 0.1) is 20.8 Å². The van der Waals surface area contributed by atoms with Crippen LogP contribution in [-0.2, 0) is 16.0 Å². The van der Waals surface area contributed by atoms with Crippen molar-refractivity contribution in [2.24, 2.45) is 0 Å². The third-order valence-corrected chi connectivity index (χ3v) is 6.51. The highest BCUT2D eigenvalue weighted by Crippen LogP contribution is 2.27. The van der Waals surface area contributed by atoms with Crippen molar-refractivity contribution in [3.63, 3.8) is 0 Å². The molecular formula is C28H29N3O2S. The van der Waals surface area contributed by atoms with E-state index in [0.29, 0.717) is 23.8 Å². The van der Waals surface area contributed by atoms with Gasteiger partial charge in [0.25, 0.3) is 5.91 Å². The van der Waals surface area contributed by atoms with E-state index in [-0.39, 0.29) is 18.2 Å². The van der Waals surface area contributed by atoms with Gasteiger partial charge in [0.05, 0.1) is 12.1 Å². The van der Waals surface area contributed by atoms with Crippen molar-refractivity contribution in [1.29, 1.82) is 0 Å². The number of amides is 2. The van der Waals surface area contributed by atoms with E-state index in [1.165, 1.54) is 4.90 Å². The van der Waals surface area contributed by atoms with Crippen LogP contribution in [0.4, 0.5) is 11.4 Å². The monoisotopic (exact) mass is 471 g/mol. The minimum atomic E-state index is -0.650. The summed E-state index contributed by atoms with van der Waals surface area (Å²) in [5.41, 5.74) is 5.90. The topological polar surface area (TPSA) is 52.7 Å². The Hall–Kier alpha value is -3.51. The number of nitrogens with zero attached hydrogens (tertiary/aromatic N) is 2. The number of carbonyl (C=O) groups is 2. The van der Waals surface area contributed by atoms with E-state index in [9.17, 15) is 9.59 Å². The van der Waals surface area contributed by atoms with Gasteiger partial charge in [0.1, 0.15) is 6.04 Å². The van der Waals surface area contributed by atoms with E-state index in [1.54, 1.807) is 0 Å². The van der Waals surface area contributed by atoms with E-state index < -0.39 is 6.04 Å². The normalized spacial score (nSPS) is 15.5. The van der Waals surface area contributed by atoms with Gasteiger partial charge in [-0.05, 0) is 74.3 Å². The Bertz CT molecular complexity index is 1210. The molecule has 0 aliphatic carbocycles. The Morgan fingerprint density at radius 2 is 1.65 bits per heavy atom. The van der Waals surface area contributed by atoms with Gasteiger partial charge < -0.3 is 10.2 Å². The van der Waals surface area contributed by atoms with Crippen LogP contribution in [0.5, 0.6) is 0 Å². The smallest absolute Gasteiger partial charge is 0.257 e. The number of hydrogen-bond acceptors (Lipinski definition) is 3. The lowest BCUT2D eigenvalue weighted by molar-refractivity contribution is -0.122. The number of aryl methyl sites for hydroxylation is 3. The molecule has 2 amide bonds. The number of hydrogen-bond donors (Lipinski definition) is 1. The van der Waals surface area contributed by atoms with Gasteiger partial charge in [-0.2, -0.15) is 0 Å². The van der Waals surface area contributed by atoms with Crippen molar-refractivity contribution < 1.29 is 9.59 Å². The van der Waals surface area contributed by atoms with Gasteiger partial charge in [0.2, 0.25) is 5.91 Å². The predicted molar refractivity (Wildman–Crippen MR) is 141 cm³/mol. The zero-order valence-corrected chi connectivity index (χ0v) is 20.6. The predicted octanol–water partition coefficient (Wildman–Crippen LogP) is 5.19. The van der Waals surface area contributed by atoms with E-state index in [0.717, 1.165) is 27.9 Å². The zero-order chi connectivity index (χ0) is 24.2. The molecule has 4 rings (SSSR count). The fraction of sp³-hybridized carbons (Fsp3) is 0.250. The van der Waals surface area contributed by atoms with E-state index >= 15 is 0 Å². The molecule has 0 bridgehead atoms. The summed E-state index contributed by atoms with van der Waals surface area (Å²) in [6.07, 6.45) is 0.800. The fourth-order valence-electron chi connectivity index (χ4n) is 4.18. The summed E-state index contributed by atoms with van der Waals surface area (Å²) in [5, 5.41) is 3.78. The molecule has 1 atom stereocenters. The lowest BCUT2D eigenvalue weighted by atomic mass is 10.1. The fourth-order valence-corrected chi connectivity index (χ4v) is 4.50. The lowest BCUT2D eigenvalue weighted by Crippen LogP contribution is -2.48. The molecule has 1 heterocycles. The molecule has 1 N–H and O–H groups in total. The summed E-state index contributed by atoms with van der Waals surface area (Å²) < 4.78 is 0. The number of nitrogens with one attached hydrogen (secondary N) is 1. The number of carbonyl (C=O) groups excluding carboxylic acids is 2. The van der Waals surface area contributed by atoms with Gasteiger partial charge in [0.15, 0.2) is 5.11 Å². The average molecular weight is 472 g/mol. The highest BCUT2D eigenvalue weighted by molar-refractivity contribution is 7.80. The minimum Gasteiger partial charge on any atom is -0.336 e. The molecule has 0 radical (unpaired) electrons. The molecule has 3 aromatic carbocycles. The minimum absolute atomic E-state index is 0.0934. The summed E-state index contributed by atoms with van der Waals surface area (Å²) in [6.45, 7) is 6.54. The first-order valence-corrected chi connectivity index (χ1v) is 11.9. The maximum atomic E-state index is 13.5. The Kier molecular flexibility index (Phi) is 7.08. The van der Waals surface area contributed by atoms with Crippen LogP contribution in [0.3, 0.4) is 0 Å². The highest BCUT2D eigenvalue weighted by atomic mass is 32.1. The molecule has 6 heteroatoms. The Morgan fingerprint density at radius 1 is 0.971 bits per heavy atom. The highest BCUT2D eigenvalue weighted by Gasteiger charge is 2.43. The largest absolute Gasteiger partial charge is 0.336 e. The molecule has 0 saturated carbocycles. The number of thiocarbonyl (C=S) groups is 1. The molecule has 1 fully saturated rings. The number of imide groups is 1. The summed E-state index contributed by atoms with van der Waals surface area (Å²) in [7, 11) is 0. The molecule has 34 heavy (non-hydrogen) atoms. The van der Waals surface area contributed by atoms with Gasteiger partial charge >= 0.3 is 0 Å². The second kappa shape index (κ2) is 10.2. The lowest BCUT2D eigenvalue weighted by Gasteiger charge is -2.31. The van der Waals surface area contributed by atoms with Crippen LogP contribution in [0.25, 0.3) is 0 Å². The van der Waals surface area contributed by atoms with Crippen molar-refractivity contribution in [2.45, 2.75) is 39.7 Å². The van der Waals surface area contributed by atoms with E-state index in [4.69, 9.17) is 12.2 Å². The van der Waals surface area contributed by atoms with Crippen molar-refractivity contribution in [2.75, 3.05) is 16.8 Å². The summed E-state index contributed by atoms with van der Waals surface area (Å²) in [6, 6.07) is 23.0. The quantitative estimate of drug-likeness (QED) is 0.396. The summed E-state index contributed by atoms with van der Waals surface area (Å²) in [4.78, 5) is 29.6. The Balaban J connectivity index is 1.61. The van der Waals surface area contributed by atoms with Crippen LogP contribution in [0.1, 0.15) is 28.7 Å². The first-order chi connectivity index (χ1) is 16.3. The molecule has 1 unspecified atom stereocenters. The SMILES string of the molecule is Cc1ccc(N2C(=O)CC(N(CCc3ccccc3)C(=S)Nc3cc(C)ccc3C)C2=O)cc1. The standard InChI is InChI=1S/C28H29N3O2S/c1-19-10-13-23(14-11-19)31-26(32)18-25(27(31)33)30(16-15-22-7-5-4-6-8-22)28(34)29-24-17-20(2)9-12-21(24)3/h4-14,17,25H,15-16,18H2,1-3H3,(H,29,34). The molecule has 1 aliphatic rings. The van der Waals surface area contributed by atoms with E-state index in [2.05, 4.69) is 23.5 Å². The van der Waals surface area contributed by atoms with Crippen molar-refractivity contribution >= 4 is 40.5 Å². The Morgan fingerprint density at radius 3 is 2.35 bits per heavy atom. The van der Waals surface area contributed by atoms with Gasteiger partial charge in [-0.15, -0.1) is 0 Å². The molecule has 0 spiro atoms. The maximum absolute atomic E-state index is 13.5. The second-order valence-corrected chi connectivity index (χ2v) is 9.19. The molecular weight excluding hydrogens is 442 g/mol. The summed E-state index contributed by atoms with van der Waals surface area (Å²) in [5.74, 6) is -0.454. The molecule has 1 saturated heterocycles. The van der Waals surface area contributed by atoms with Crippen molar-refractivity contribution in [1.82, 2.24) is 4.90 Å². The van der Waals surface area contributed by atoms with E-state index in [1.807, 2.05) is 80.3 Å². The third-order valence-electron chi connectivity index (χ3n) is 6.17. The molecule has 0 aromatic heterocycles. The van der Waals surface area contributed by atoms with Gasteiger partial charge in [-0.3, -0.25) is 9.59 Å². The van der Waals surface area contributed by atoms with Crippen LogP contribution in [0.15, 0.2) is 72.8 Å². The average Bonchev–Trinajstić information content (AvgIpc) is 3.11. The number of benzene rings is 3. The van der Waals surface area contributed by atoms with Crippen LogP contribution in [-0.4, -0.2) is 34.4 Å². The summed E-state index contributed by atoms with van der Waals surface area (Å²) >= 11 is 5.81. The van der Waals surface area contributed by atoms with Gasteiger partial charge in [-0.25, -0.2) is 4.90 Å². The van der Waals surface area contributed by atoms with Crippen molar-refractivity contribution in [3.8, 4) is 0 Å². The van der Waals surface area contributed by atoms with Crippen LogP contribution in [0.2, 0.25) is 0 Å². The number of anilines is 2. The molecule has 1 aliphatic heterocycles. The third kappa shape index (κ3) is 5.18. The molecule has 3 aromatic rings. The van der Waals surface area contributed by atoms with Crippen molar-refractivity contribution in [3.05, 3.63) is 95.1 Å². The zero-order valence-electron chi connectivity index (χ0n) is 19.7. The second-order valence-electron chi connectivity index (χ2n) is 8.80. The molecule has 174 valence electrons. The van der Waals surface area contributed by atoms with Crippen LogP contribution < -0.4 is 10.2 Å². The first-order valence-electron chi connectivity index (χ1n) is 11.5. The first kappa shape index (κ1) is 23.6. The van der Waals surface area contributed by atoms with Gasteiger partial charge in [0, 0.05) is 12.2 Å². The van der Waals surface area contributed by atoms with Gasteiger partial charge in [-0.1, -0.05) is 60.2 Å². The maximum Gasteiger partial charge on any atom is 0.257 e. The molecule has 5 nitrogen and oxygen atoms in total. The Labute approximate surface area is 206 Å². The van der Waals surface area contributed by atoms with Crippen LogP contribution >= 0.6 is 12.2 Å².